The van der Waals surface area contributed by atoms with Crippen molar-refractivity contribution in [2.24, 2.45) is 0 Å². The van der Waals surface area contributed by atoms with Crippen molar-refractivity contribution in [2.75, 3.05) is 38.0 Å². The molecule has 0 bridgehead atoms. The normalized spacial score (nSPS) is 10.1. The van der Waals surface area contributed by atoms with E-state index in [-0.39, 0.29) is 34.0 Å². The molecule has 2 aromatic heterocycles. The predicted octanol–water partition coefficient (Wildman–Crippen LogP) is -2.17. The van der Waals surface area contributed by atoms with Crippen LogP contribution in [0, 0.1) is 0 Å². The van der Waals surface area contributed by atoms with E-state index in [1.165, 1.54) is 56.3 Å². The first-order valence-corrected chi connectivity index (χ1v) is 10.4. The third kappa shape index (κ3) is 11.0. The summed E-state index contributed by atoms with van der Waals surface area (Å²) in [5, 5.41) is 0. The summed E-state index contributed by atoms with van der Waals surface area (Å²) in [5.41, 5.74) is 2.52. The first-order valence-electron chi connectivity index (χ1n) is 10.4. The van der Waals surface area contributed by atoms with Gasteiger partial charge in [-0.05, 0) is 12.8 Å². The molecule has 0 aromatic carbocycles. The van der Waals surface area contributed by atoms with Gasteiger partial charge in [-0.3, -0.25) is 0 Å². The van der Waals surface area contributed by atoms with Crippen molar-refractivity contribution >= 4 is 11.4 Å². The van der Waals surface area contributed by atoms with Gasteiger partial charge in [0, 0.05) is 76.7 Å². The number of halogens is 2. The molecule has 0 amide bonds. The van der Waals surface area contributed by atoms with Gasteiger partial charge in [-0.25, -0.2) is 9.13 Å². The lowest BCUT2D eigenvalue weighted by Crippen LogP contribution is -3.00. The lowest BCUT2D eigenvalue weighted by molar-refractivity contribution is -0.697. The van der Waals surface area contributed by atoms with Gasteiger partial charge in [0.1, 0.15) is 13.1 Å². The number of rotatable bonds is 12. The number of anilines is 2. The van der Waals surface area contributed by atoms with Gasteiger partial charge >= 0.3 is 0 Å². The number of aryl methyl sites for hydroxylation is 2. The maximum atomic E-state index is 2.30. The fourth-order valence-electron chi connectivity index (χ4n) is 3.27. The SMILES string of the molecule is CN(C)c1cc[n+](CCCCCCCCC[n+]2ccc(N(C)C)cc2)cc1.[Br-].[Br-]. The topological polar surface area (TPSA) is 14.2 Å². The number of hydrogen-bond acceptors (Lipinski definition) is 2. The average molecular weight is 530 g/mol. The van der Waals surface area contributed by atoms with Gasteiger partial charge in [-0.2, -0.15) is 0 Å². The Bertz CT molecular complexity index is 585. The van der Waals surface area contributed by atoms with Gasteiger partial charge < -0.3 is 43.8 Å². The molecule has 2 rings (SSSR count). The Balaban J connectivity index is 0.00000392. The van der Waals surface area contributed by atoms with Gasteiger partial charge in [0.25, 0.3) is 0 Å². The summed E-state index contributed by atoms with van der Waals surface area (Å²) in [6.07, 6.45) is 18.1. The van der Waals surface area contributed by atoms with Crippen LogP contribution in [0.15, 0.2) is 49.1 Å². The van der Waals surface area contributed by atoms with Crippen molar-refractivity contribution in [1.29, 1.82) is 0 Å². The fraction of sp³-hybridized carbons (Fsp3) is 0.565. The minimum absolute atomic E-state index is 0. The Morgan fingerprint density at radius 3 is 1.07 bits per heavy atom. The second kappa shape index (κ2) is 15.7. The number of nitrogens with zero attached hydrogens (tertiary/aromatic N) is 4. The summed E-state index contributed by atoms with van der Waals surface area (Å²) in [4.78, 5) is 4.28. The van der Waals surface area contributed by atoms with E-state index >= 15 is 0 Å². The van der Waals surface area contributed by atoms with Crippen LogP contribution < -0.4 is 52.9 Å². The maximum absolute atomic E-state index is 2.30. The van der Waals surface area contributed by atoms with Crippen LogP contribution in [0.1, 0.15) is 44.9 Å². The van der Waals surface area contributed by atoms with Crippen molar-refractivity contribution in [3.63, 3.8) is 0 Å². The zero-order valence-electron chi connectivity index (χ0n) is 18.5. The quantitative estimate of drug-likeness (QED) is 0.229. The van der Waals surface area contributed by atoms with E-state index in [0.29, 0.717) is 0 Å². The van der Waals surface area contributed by atoms with Crippen molar-refractivity contribution in [2.45, 2.75) is 58.0 Å². The highest BCUT2D eigenvalue weighted by atomic mass is 79.9. The molecule has 0 atom stereocenters. The molecule has 164 valence electrons. The van der Waals surface area contributed by atoms with Gasteiger partial charge in [0.15, 0.2) is 24.8 Å². The summed E-state index contributed by atoms with van der Waals surface area (Å²) in [7, 11) is 8.33. The molecule has 0 aliphatic carbocycles. The molecular weight excluding hydrogens is 492 g/mol. The van der Waals surface area contributed by atoms with E-state index in [1.54, 1.807) is 0 Å². The number of pyridine rings is 2. The van der Waals surface area contributed by atoms with Crippen LogP contribution in [0.25, 0.3) is 0 Å². The number of hydrogen-bond donors (Lipinski definition) is 0. The minimum Gasteiger partial charge on any atom is -1.00 e. The molecule has 0 saturated carbocycles. The summed E-state index contributed by atoms with van der Waals surface area (Å²) in [5.74, 6) is 0. The van der Waals surface area contributed by atoms with E-state index in [4.69, 9.17) is 0 Å². The van der Waals surface area contributed by atoms with Crippen molar-refractivity contribution < 1.29 is 43.1 Å². The Labute approximate surface area is 199 Å². The standard InChI is InChI=1S/C23H38N4.2BrH/c1-24(2)22-12-18-26(19-13-22)16-10-8-6-5-7-9-11-17-27-20-14-23(15-21-27)25(3)4;;/h12-15,18-21H,5-11,16-17H2,1-4H3;2*1H/q+2;;/p-2. The molecule has 0 radical (unpaired) electrons. The second-order valence-corrected chi connectivity index (χ2v) is 7.85. The molecule has 0 fully saturated rings. The van der Waals surface area contributed by atoms with Gasteiger partial charge in [-0.15, -0.1) is 0 Å². The zero-order chi connectivity index (χ0) is 19.5. The molecular formula is C23H38Br2N4. The van der Waals surface area contributed by atoms with E-state index in [0.717, 1.165) is 13.1 Å². The molecule has 0 saturated heterocycles. The van der Waals surface area contributed by atoms with Crippen LogP contribution in [0.5, 0.6) is 0 Å². The van der Waals surface area contributed by atoms with Crippen LogP contribution in [-0.2, 0) is 13.1 Å². The number of unbranched alkanes of at least 4 members (excludes halogenated alkanes) is 6. The van der Waals surface area contributed by atoms with Crippen LogP contribution in [0.3, 0.4) is 0 Å². The molecule has 0 unspecified atom stereocenters. The first-order chi connectivity index (χ1) is 13.1. The fourth-order valence-corrected chi connectivity index (χ4v) is 3.27. The molecule has 2 aromatic rings. The molecule has 0 aliphatic heterocycles. The lowest BCUT2D eigenvalue weighted by Gasteiger charge is -2.10. The maximum Gasteiger partial charge on any atom is 0.170 e. The van der Waals surface area contributed by atoms with Crippen molar-refractivity contribution in [3.05, 3.63) is 49.1 Å². The van der Waals surface area contributed by atoms with Gasteiger partial charge in [-0.1, -0.05) is 19.3 Å². The smallest absolute Gasteiger partial charge is 0.170 e. The first kappa shape index (κ1) is 27.9. The van der Waals surface area contributed by atoms with E-state index < -0.39 is 0 Å². The Morgan fingerprint density at radius 2 is 0.793 bits per heavy atom. The molecule has 0 N–H and O–H groups in total. The van der Waals surface area contributed by atoms with Crippen molar-refractivity contribution in [1.82, 2.24) is 0 Å². The monoisotopic (exact) mass is 528 g/mol. The highest BCUT2D eigenvalue weighted by Crippen LogP contribution is 2.09. The average Bonchev–Trinajstić information content (AvgIpc) is 2.67. The largest absolute Gasteiger partial charge is 1.00 e. The van der Waals surface area contributed by atoms with Crippen molar-refractivity contribution in [3.8, 4) is 0 Å². The third-order valence-corrected chi connectivity index (χ3v) is 5.11. The Morgan fingerprint density at radius 1 is 0.517 bits per heavy atom. The highest BCUT2D eigenvalue weighted by Gasteiger charge is 2.03. The Hall–Kier alpha value is -1.14. The van der Waals surface area contributed by atoms with Crippen LogP contribution in [0.4, 0.5) is 11.4 Å². The summed E-state index contributed by atoms with van der Waals surface area (Å²) >= 11 is 0. The van der Waals surface area contributed by atoms with Crippen LogP contribution in [-0.4, -0.2) is 28.2 Å². The molecule has 4 nitrogen and oxygen atoms in total. The van der Waals surface area contributed by atoms with Gasteiger partial charge in [0.05, 0.1) is 0 Å². The zero-order valence-corrected chi connectivity index (χ0v) is 21.7. The molecule has 0 spiro atoms. The molecule has 0 aliphatic rings. The molecule has 29 heavy (non-hydrogen) atoms. The summed E-state index contributed by atoms with van der Waals surface area (Å²) < 4.78 is 4.59. The third-order valence-electron chi connectivity index (χ3n) is 5.11. The van der Waals surface area contributed by atoms with E-state index in [1.807, 2.05) is 0 Å². The minimum atomic E-state index is 0. The summed E-state index contributed by atoms with van der Waals surface area (Å²) in [6, 6.07) is 8.75. The lowest BCUT2D eigenvalue weighted by atomic mass is 10.1. The highest BCUT2D eigenvalue weighted by molar-refractivity contribution is 5.41. The van der Waals surface area contributed by atoms with Crippen LogP contribution >= 0.6 is 0 Å². The van der Waals surface area contributed by atoms with E-state index in [9.17, 15) is 0 Å². The second-order valence-electron chi connectivity index (χ2n) is 7.85. The molecule has 2 heterocycles. The predicted molar refractivity (Wildman–Crippen MR) is 114 cm³/mol. The number of aromatic nitrogens is 2. The molecule has 6 heteroatoms. The van der Waals surface area contributed by atoms with Gasteiger partial charge in [0.2, 0.25) is 0 Å². The van der Waals surface area contributed by atoms with E-state index in [2.05, 4.69) is 96.2 Å². The Kier molecular flexibility index (Phi) is 15.1. The van der Waals surface area contributed by atoms with Crippen LogP contribution in [0.2, 0.25) is 0 Å². The summed E-state index contributed by atoms with van der Waals surface area (Å²) in [6.45, 7) is 2.26.